The minimum Gasteiger partial charge on any atom is -0.504 e. The van der Waals surface area contributed by atoms with Crippen molar-refractivity contribution in [2.45, 2.75) is 72.5 Å². The zero-order valence-corrected chi connectivity index (χ0v) is 31.7. The van der Waals surface area contributed by atoms with Crippen molar-refractivity contribution in [2.24, 2.45) is 0 Å². The minimum absolute atomic E-state index is 0.00825. The molecule has 2 unspecified atom stereocenters. The van der Waals surface area contributed by atoms with E-state index in [1.807, 2.05) is 20.0 Å². The Labute approximate surface area is 318 Å². The topological polar surface area (TPSA) is 169 Å². The summed E-state index contributed by atoms with van der Waals surface area (Å²) in [5.74, 6) is -0.00818. The lowest BCUT2D eigenvalue weighted by molar-refractivity contribution is -0.151. The third kappa shape index (κ3) is 6.01. The van der Waals surface area contributed by atoms with Crippen LogP contribution in [0.2, 0.25) is 0 Å². The molecule has 2 aromatic carbocycles. The Morgan fingerprint density at radius 3 is 2.56 bits per heavy atom. The van der Waals surface area contributed by atoms with Crippen molar-refractivity contribution >= 4 is 64.6 Å². The molecule has 2 fully saturated rings. The molecule has 0 radical (unpaired) electrons. The number of phenolic OH excluding ortho intramolecular Hbond substituents is 1. The SMILES string of the molecule is COc1c(C)cc2c(c1O)[C@H]1C3[C@@H]4SCC(NC(=O)OCC(Cl)(Cl)Cl)C(=O)OC[C@@H](c5c6c(c(C)c(OC(C)=O)c54)OCO6)N3[C@@H](C#N)[C@@H](C2)N1C. The second-order valence-corrected chi connectivity index (χ2v) is 17.0. The van der Waals surface area contributed by atoms with Crippen LogP contribution in [-0.2, 0) is 25.5 Å². The molecule has 5 aliphatic rings. The van der Waals surface area contributed by atoms with Crippen molar-refractivity contribution in [3.05, 3.63) is 39.4 Å². The Balaban J connectivity index is 1.45. The van der Waals surface area contributed by atoms with Crippen LogP contribution in [0.5, 0.6) is 28.7 Å². The van der Waals surface area contributed by atoms with Crippen LogP contribution in [0.4, 0.5) is 4.79 Å². The van der Waals surface area contributed by atoms with E-state index >= 15 is 0 Å². The summed E-state index contributed by atoms with van der Waals surface area (Å²) in [4.78, 5) is 43.4. The quantitative estimate of drug-likeness (QED) is 0.248. The number of carbonyl (C=O) groups is 3. The summed E-state index contributed by atoms with van der Waals surface area (Å²) in [6.07, 6.45) is -0.553. The van der Waals surface area contributed by atoms with E-state index in [9.17, 15) is 24.8 Å². The number of cyclic esters (lactones) is 1. The summed E-state index contributed by atoms with van der Waals surface area (Å²) in [6, 6.07) is 0.309. The van der Waals surface area contributed by atoms with Gasteiger partial charge in [0.05, 0.1) is 30.5 Å². The smallest absolute Gasteiger partial charge is 0.408 e. The maximum atomic E-state index is 13.7. The van der Waals surface area contributed by atoms with E-state index in [0.717, 1.165) is 11.1 Å². The standard InChI is InChI=1S/C34H35Cl3N4O10S/c1-13-6-16-7-18-19(8-38)41-20-9-47-32(44)17(39-33(45)48-11-34(35,36)37)10-52-31(25(41)24(40(18)4)21(16)26(43)27(13)46-5)23-22(20)30-29(49-12-50-30)14(2)28(23)51-15(3)42/h6,17-20,24-25,31,43H,7,9-12H2,1-5H3,(H,39,45)/t17?,18-,19+,20+,24+,25?,31-/m1/s1. The van der Waals surface area contributed by atoms with Gasteiger partial charge in [-0.15, -0.1) is 11.8 Å². The zero-order valence-electron chi connectivity index (χ0n) is 28.7. The molecule has 2 aromatic rings. The van der Waals surface area contributed by atoms with Crippen LogP contribution in [0, 0.1) is 25.2 Å². The summed E-state index contributed by atoms with van der Waals surface area (Å²) in [5.41, 5.74) is 3.97. The lowest BCUT2D eigenvalue weighted by atomic mass is 9.71. The second kappa shape index (κ2) is 13.7. The lowest BCUT2D eigenvalue weighted by Gasteiger charge is -2.61. The molecule has 14 nitrogen and oxygen atoms in total. The Hall–Kier alpha value is -3.52. The number of hydrogen-bond donors (Lipinski definition) is 2. The van der Waals surface area contributed by atoms with Gasteiger partial charge in [-0.25, -0.2) is 9.59 Å². The number of alkyl halides is 3. The first kappa shape index (κ1) is 36.8. The molecular formula is C34H35Cl3N4O10S. The number of amides is 1. The van der Waals surface area contributed by atoms with Crippen molar-refractivity contribution in [3.8, 4) is 34.8 Å². The number of esters is 2. The lowest BCUT2D eigenvalue weighted by Crippen LogP contribution is -2.69. The number of likely N-dealkylation sites (N-methyl/N-ethyl adjacent to an activating group) is 1. The first-order valence-corrected chi connectivity index (χ1v) is 18.6. The highest BCUT2D eigenvalue weighted by molar-refractivity contribution is 7.99. The summed E-state index contributed by atoms with van der Waals surface area (Å²) in [6.45, 7) is 3.97. The number of thioether (sulfide) groups is 1. The Kier molecular flexibility index (Phi) is 9.71. The predicted molar refractivity (Wildman–Crippen MR) is 188 cm³/mol. The first-order chi connectivity index (χ1) is 24.7. The molecular weight excluding hydrogens is 763 g/mol. The molecule has 278 valence electrons. The summed E-state index contributed by atoms with van der Waals surface area (Å²) < 4.78 is 32.8. The van der Waals surface area contributed by atoms with Crippen LogP contribution in [0.1, 0.15) is 57.6 Å². The highest BCUT2D eigenvalue weighted by Crippen LogP contribution is 2.64. The van der Waals surface area contributed by atoms with E-state index in [-0.39, 0.29) is 36.7 Å². The molecule has 52 heavy (non-hydrogen) atoms. The van der Waals surface area contributed by atoms with Crippen molar-refractivity contribution in [1.82, 2.24) is 15.1 Å². The number of methoxy groups -OCH3 is 1. The fourth-order valence-electron chi connectivity index (χ4n) is 8.40. The average molecular weight is 798 g/mol. The monoisotopic (exact) mass is 796 g/mol. The van der Waals surface area contributed by atoms with Crippen LogP contribution < -0.4 is 24.3 Å². The van der Waals surface area contributed by atoms with Gasteiger partial charge in [-0.3, -0.25) is 14.6 Å². The van der Waals surface area contributed by atoms with E-state index < -0.39 is 63.9 Å². The molecule has 1 amide bonds. The zero-order chi connectivity index (χ0) is 37.4. The van der Waals surface area contributed by atoms with Gasteiger partial charge in [-0.2, -0.15) is 5.26 Å². The van der Waals surface area contributed by atoms with Crippen LogP contribution in [0.25, 0.3) is 0 Å². The molecule has 4 bridgehead atoms. The summed E-state index contributed by atoms with van der Waals surface area (Å²) >= 11 is 18.6. The van der Waals surface area contributed by atoms with Gasteiger partial charge in [0.1, 0.15) is 31.0 Å². The van der Waals surface area contributed by atoms with Crippen LogP contribution >= 0.6 is 46.6 Å². The van der Waals surface area contributed by atoms with E-state index in [0.29, 0.717) is 45.9 Å². The molecule has 0 aliphatic carbocycles. The number of nitrogens with one attached hydrogen (secondary N) is 1. The first-order valence-electron chi connectivity index (χ1n) is 16.4. The molecule has 5 heterocycles. The number of hydrogen-bond acceptors (Lipinski definition) is 14. The Morgan fingerprint density at radius 1 is 1.15 bits per heavy atom. The molecule has 7 rings (SSSR count). The fourth-order valence-corrected chi connectivity index (χ4v) is 10.1. The Bertz CT molecular complexity index is 1900. The van der Waals surface area contributed by atoms with E-state index in [4.69, 9.17) is 63.2 Å². The number of halogens is 3. The minimum atomic E-state index is -1.88. The van der Waals surface area contributed by atoms with Gasteiger partial charge in [-0.05, 0) is 38.4 Å². The van der Waals surface area contributed by atoms with E-state index in [1.54, 1.807) is 6.92 Å². The number of piperazine rings is 1. The number of fused-ring (bicyclic) bond motifs is 9. The van der Waals surface area contributed by atoms with Crippen LogP contribution in [0.15, 0.2) is 6.07 Å². The van der Waals surface area contributed by atoms with Crippen LogP contribution in [-0.4, -0.2) is 101 Å². The third-order valence-electron chi connectivity index (χ3n) is 10.3. The Morgan fingerprint density at radius 2 is 1.88 bits per heavy atom. The number of nitriles is 1. The van der Waals surface area contributed by atoms with Gasteiger partial charge in [0, 0.05) is 47.0 Å². The molecule has 2 saturated heterocycles. The summed E-state index contributed by atoms with van der Waals surface area (Å²) in [5, 5.41) is 24.7. The van der Waals surface area contributed by atoms with Crippen molar-refractivity contribution in [3.63, 3.8) is 0 Å². The number of phenols is 1. The van der Waals surface area contributed by atoms with Gasteiger partial charge in [0.25, 0.3) is 0 Å². The number of benzene rings is 2. The number of nitrogens with zero attached hydrogens (tertiary/aromatic N) is 3. The maximum Gasteiger partial charge on any atom is 0.408 e. The molecule has 0 spiro atoms. The largest absolute Gasteiger partial charge is 0.504 e. The maximum absolute atomic E-state index is 13.7. The summed E-state index contributed by atoms with van der Waals surface area (Å²) in [7, 11) is 3.42. The van der Waals surface area contributed by atoms with Crippen molar-refractivity contribution in [1.29, 1.82) is 5.26 Å². The fraction of sp³-hybridized carbons (Fsp3) is 0.529. The number of aryl methyl sites for hydroxylation is 1. The third-order valence-corrected chi connectivity index (χ3v) is 12.0. The van der Waals surface area contributed by atoms with E-state index in [1.165, 1.54) is 25.8 Å². The molecule has 0 saturated carbocycles. The van der Waals surface area contributed by atoms with E-state index in [2.05, 4.69) is 21.2 Å². The van der Waals surface area contributed by atoms with Gasteiger partial charge in [0.15, 0.2) is 23.0 Å². The number of aromatic hydroxyl groups is 1. The molecule has 2 N–H and O–H groups in total. The number of ether oxygens (including phenoxy) is 6. The molecule has 7 atom stereocenters. The molecule has 18 heteroatoms. The number of carbonyl (C=O) groups excluding carboxylic acids is 3. The highest BCUT2D eigenvalue weighted by atomic mass is 35.6. The highest BCUT2D eigenvalue weighted by Gasteiger charge is 2.60. The number of rotatable bonds is 4. The van der Waals surface area contributed by atoms with Crippen molar-refractivity contribution in [2.75, 3.05) is 39.9 Å². The second-order valence-electron chi connectivity index (χ2n) is 13.3. The average Bonchev–Trinajstić information content (AvgIpc) is 3.57. The normalized spacial score (nSPS) is 27.7. The molecule has 5 aliphatic heterocycles. The van der Waals surface area contributed by atoms with Crippen molar-refractivity contribution < 1.29 is 47.9 Å². The van der Waals surface area contributed by atoms with Gasteiger partial charge < -0.3 is 38.8 Å². The molecule has 0 aromatic heterocycles. The van der Waals surface area contributed by atoms with Crippen LogP contribution in [0.3, 0.4) is 0 Å². The predicted octanol–water partition coefficient (Wildman–Crippen LogP) is 4.70. The van der Waals surface area contributed by atoms with Gasteiger partial charge in [-0.1, -0.05) is 40.9 Å². The number of alkyl carbamates (subject to hydrolysis) is 1. The van der Waals surface area contributed by atoms with Gasteiger partial charge >= 0.3 is 18.0 Å². The van der Waals surface area contributed by atoms with Gasteiger partial charge in [0.2, 0.25) is 10.6 Å².